The van der Waals surface area contributed by atoms with Crippen molar-refractivity contribution in [1.29, 1.82) is 0 Å². The van der Waals surface area contributed by atoms with Crippen LogP contribution in [0, 0.1) is 12.8 Å². The molecule has 2 heterocycles. The molecule has 3 aliphatic rings. The monoisotopic (exact) mass is 390 g/mol. The molecule has 28 heavy (non-hydrogen) atoms. The maximum absolute atomic E-state index is 13.1. The van der Waals surface area contributed by atoms with Crippen molar-refractivity contribution >= 4 is 11.8 Å². The van der Waals surface area contributed by atoms with E-state index in [-0.39, 0.29) is 18.2 Å². The topological polar surface area (TPSA) is 68.6 Å². The van der Waals surface area contributed by atoms with Gasteiger partial charge in [0.25, 0.3) is 0 Å². The molecule has 3 atom stereocenters. The standard InChI is InChI=1S/C21H34N4O3/c1-15-13-20(23-25(15)16-7-4-3-5-8-16)22-21(26)24-11-12-28-14-18(24)17-9-6-10-19(17)27-2/h13,16-19H,3-12,14H2,1-2H3,(H,22,23,26). The molecule has 1 aliphatic heterocycles. The zero-order valence-corrected chi connectivity index (χ0v) is 17.2. The molecule has 0 spiro atoms. The first kappa shape index (κ1) is 19.7. The lowest BCUT2D eigenvalue weighted by atomic mass is 9.94. The molecule has 1 N–H and O–H groups in total. The molecule has 2 aliphatic carbocycles. The summed E-state index contributed by atoms with van der Waals surface area (Å²) in [7, 11) is 1.78. The van der Waals surface area contributed by atoms with E-state index >= 15 is 0 Å². The Bertz CT molecular complexity index is 671. The predicted octanol–water partition coefficient (Wildman–Crippen LogP) is 3.74. The number of urea groups is 1. The number of morpholine rings is 1. The fourth-order valence-electron chi connectivity index (χ4n) is 5.34. The first-order valence-corrected chi connectivity index (χ1v) is 10.9. The summed E-state index contributed by atoms with van der Waals surface area (Å²) in [5.41, 5.74) is 1.12. The highest BCUT2D eigenvalue weighted by Gasteiger charge is 2.40. The molecule has 4 rings (SSSR count). The van der Waals surface area contributed by atoms with Gasteiger partial charge in [-0.25, -0.2) is 4.79 Å². The van der Waals surface area contributed by atoms with Gasteiger partial charge in [-0.2, -0.15) is 5.10 Å². The van der Waals surface area contributed by atoms with Crippen LogP contribution >= 0.6 is 0 Å². The molecule has 1 aromatic heterocycles. The van der Waals surface area contributed by atoms with Crippen LogP contribution in [-0.2, 0) is 9.47 Å². The van der Waals surface area contributed by atoms with Crippen LogP contribution in [-0.4, -0.2) is 59.7 Å². The lowest BCUT2D eigenvalue weighted by molar-refractivity contribution is -0.0379. The second kappa shape index (κ2) is 8.82. The molecule has 2 amide bonds. The largest absolute Gasteiger partial charge is 0.381 e. The zero-order chi connectivity index (χ0) is 19.5. The van der Waals surface area contributed by atoms with Crippen LogP contribution in [0.25, 0.3) is 0 Å². The average molecular weight is 391 g/mol. The number of ether oxygens (including phenoxy) is 2. The summed E-state index contributed by atoms with van der Waals surface area (Å²) in [5, 5.41) is 7.78. The van der Waals surface area contributed by atoms with Crippen molar-refractivity contribution < 1.29 is 14.3 Å². The summed E-state index contributed by atoms with van der Waals surface area (Å²) < 4.78 is 13.5. The van der Waals surface area contributed by atoms with E-state index in [2.05, 4.69) is 16.9 Å². The van der Waals surface area contributed by atoms with E-state index in [9.17, 15) is 4.79 Å². The van der Waals surface area contributed by atoms with Crippen molar-refractivity contribution in [2.24, 2.45) is 5.92 Å². The quantitative estimate of drug-likeness (QED) is 0.850. The number of aryl methyl sites for hydroxylation is 1. The van der Waals surface area contributed by atoms with Crippen molar-refractivity contribution in [3.8, 4) is 0 Å². The molecule has 2 saturated carbocycles. The fraction of sp³-hybridized carbons (Fsp3) is 0.810. The van der Waals surface area contributed by atoms with Gasteiger partial charge in [-0.1, -0.05) is 25.7 Å². The van der Waals surface area contributed by atoms with Crippen molar-refractivity contribution in [2.75, 3.05) is 32.2 Å². The highest BCUT2D eigenvalue weighted by Crippen LogP contribution is 2.34. The SMILES string of the molecule is COC1CCCC1C1COCCN1C(=O)Nc1cc(C)n(C2CCCCC2)n1. The normalized spacial score (nSPS) is 29.2. The Morgan fingerprint density at radius 2 is 2.04 bits per heavy atom. The Labute approximate surface area is 167 Å². The molecule has 1 aromatic rings. The number of nitrogens with one attached hydrogen (secondary N) is 1. The summed E-state index contributed by atoms with van der Waals surface area (Å²) in [4.78, 5) is 15.0. The van der Waals surface area contributed by atoms with Crippen molar-refractivity contribution in [3.05, 3.63) is 11.8 Å². The number of hydrogen-bond donors (Lipinski definition) is 1. The number of carbonyl (C=O) groups is 1. The number of carbonyl (C=O) groups excluding carboxylic acids is 1. The summed E-state index contributed by atoms with van der Waals surface area (Å²) in [5.74, 6) is 1.01. The second-order valence-corrected chi connectivity index (χ2v) is 8.54. The number of amides is 2. The van der Waals surface area contributed by atoms with E-state index in [1.54, 1.807) is 7.11 Å². The van der Waals surface area contributed by atoms with Gasteiger partial charge in [-0.3, -0.25) is 10.00 Å². The Balaban J connectivity index is 1.44. The highest BCUT2D eigenvalue weighted by molar-refractivity contribution is 5.88. The molecule has 3 fully saturated rings. The number of anilines is 1. The van der Waals surface area contributed by atoms with Crippen LogP contribution in [0.3, 0.4) is 0 Å². The van der Waals surface area contributed by atoms with Gasteiger partial charge in [0.05, 0.1) is 31.4 Å². The Hall–Kier alpha value is -1.60. The number of methoxy groups -OCH3 is 1. The van der Waals surface area contributed by atoms with E-state index < -0.39 is 0 Å². The molecule has 0 bridgehead atoms. The van der Waals surface area contributed by atoms with Gasteiger partial charge in [-0.05, 0) is 32.6 Å². The number of rotatable bonds is 4. The third kappa shape index (κ3) is 4.06. The van der Waals surface area contributed by atoms with Crippen LogP contribution in [0.2, 0.25) is 0 Å². The minimum absolute atomic E-state index is 0.0663. The van der Waals surface area contributed by atoms with E-state index in [1.165, 1.54) is 32.1 Å². The Kier molecular flexibility index (Phi) is 6.21. The minimum atomic E-state index is -0.0663. The van der Waals surface area contributed by atoms with E-state index in [0.717, 1.165) is 25.0 Å². The fourth-order valence-corrected chi connectivity index (χ4v) is 5.34. The van der Waals surface area contributed by atoms with Crippen molar-refractivity contribution in [1.82, 2.24) is 14.7 Å². The molecule has 7 nitrogen and oxygen atoms in total. The Morgan fingerprint density at radius 1 is 1.21 bits per heavy atom. The van der Waals surface area contributed by atoms with Crippen LogP contribution in [0.15, 0.2) is 6.07 Å². The number of aromatic nitrogens is 2. The van der Waals surface area contributed by atoms with Crippen LogP contribution < -0.4 is 5.32 Å². The van der Waals surface area contributed by atoms with Crippen molar-refractivity contribution in [3.63, 3.8) is 0 Å². The van der Waals surface area contributed by atoms with Gasteiger partial charge < -0.3 is 14.4 Å². The van der Waals surface area contributed by atoms with Crippen LogP contribution in [0.1, 0.15) is 63.1 Å². The molecular formula is C21H34N4O3. The van der Waals surface area contributed by atoms with E-state index in [0.29, 0.717) is 37.5 Å². The van der Waals surface area contributed by atoms with Gasteiger partial charge in [0.15, 0.2) is 5.82 Å². The van der Waals surface area contributed by atoms with E-state index in [4.69, 9.17) is 14.6 Å². The van der Waals surface area contributed by atoms with Gasteiger partial charge >= 0.3 is 6.03 Å². The maximum Gasteiger partial charge on any atom is 0.323 e. The second-order valence-electron chi connectivity index (χ2n) is 8.54. The van der Waals surface area contributed by atoms with Gasteiger partial charge in [0, 0.05) is 31.3 Å². The molecule has 0 aromatic carbocycles. The van der Waals surface area contributed by atoms with Gasteiger partial charge in [0.2, 0.25) is 0 Å². The summed E-state index contributed by atoms with van der Waals surface area (Å²) in [6.07, 6.45) is 9.75. The zero-order valence-electron chi connectivity index (χ0n) is 17.2. The van der Waals surface area contributed by atoms with Crippen LogP contribution in [0.4, 0.5) is 10.6 Å². The first-order chi connectivity index (χ1) is 13.7. The smallest absolute Gasteiger partial charge is 0.323 e. The third-order valence-corrected chi connectivity index (χ3v) is 6.80. The summed E-state index contributed by atoms with van der Waals surface area (Å²) >= 11 is 0. The summed E-state index contributed by atoms with van der Waals surface area (Å²) in [6.45, 7) is 3.87. The van der Waals surface area contributed by atoms with Gasteiger partial charge in [0.1, 0.15) is 0 Å². The maximum atomic E-state index is 13.1. The third-order valence-electron chi connectivity index (χ3n) is 6.80. The minimum Gasteiger partial charge on any atom is -0.381 e. The molecular weight excluding hydrogens is 356 g/mol. The lowest BCUT2D eigenvalue weighted by Gasteiger charge is -2.40. The average Bonchev–Trinajstić information content (AvgIpc) is 3.34. The molecule has 0 radical (unpaired) electrons. The van der Waals surface area contributed by atoms with Gasteiger partial charge in [-0.15, -0.1) is 0 Å². The Morgan fingerprint density at radius 3 is 2.82 bits per heavy atom. The molecule has 7 heteroatoms. The highest BCUT2D eigenvalue weighted by atomic mass is 16.5. The van der Waals surface area contributed by atoms with Crippen molar-refractivity contribution in [2.45, 2.75) is 76.5 Å². The number of hydrogen-bond acceptors (Lipinski definition) is 4. The van der Waals surface area contributed by atoms with E-state index in [1.807, 2.05) is 11.0 Å². The van der Waals surface area contributed by atoms with Crippen LogP contribution in [0.5, 0.6) is 0 Å². The first-order valence-electron chi connectivity index (χ1n) is 10.9. The molecule has 3 unspecified atom stereocenters. The summed E-state index contributed by atoms with van der Waals surface area (Å²) in [6, 6.07) is 2.47. The predicted molar refractivity (Wildman–Crippen MR) is 108 cm³/mol. The number of nitrogens with zero attached hydrogens (tertiary/aromatic N) is 3. The molecule has 1 saturated heterocycles. The lowest BCUT2D eigenvalue weighted by Crippen LogP contribution is -2.55. The molecule has 156 valence electrons.